The van der Waals surface area contributed by atoms with Gasteiger partial charge in [-0.05, 0) is 12.1 Å². The zero-order valence-electron chi connectivity index (χ0n) is 10.3. The van der Waals surface area contributed by atoms with Gasteiger partial charge in [0.25, 0.3) is 0 Å². The van der Waals surface area contributed by atoms with Crippen molar-refractivity contribution in [2.75, 3.05) is 19.8 Å². The van der Waals surface area contributed by atoms with Gasteiger partial charge in [-0.15, -0.1) is 5.10 Å². The fraction of sp³-hybridized carbons (Fsp3) is 0.308. The van der Waals surface area contributed by atoms with Crippen molar-refractivity contribution in [2.24, 2.45) is 0 Å². The fourth-order valence-corrected chi connectivity index (χ4v) is 2.08. The largest absolute Gasteiger partial charge is 0.378 e. The Kier molecular flexibility index (Phi) is 3.35. The Bertz CT molecular complexity index is 561. The molecule has 0 spiro atoms. The van der Waals surface area contributed by atoms with E-state index in [0.29, 0.717) is 25.5 Å². The van der Waals surface area contributed by atoms with Crippen LogP contribution in [0.25, 0.3) is 5.69 Å². The van der Waals surface area contributed by atoms with E-state index in [2.05, 4.69) is 15.6 Å². The van der Waals surface area contributed by atoms with E-state index in [0.717, 1.165) is 5.69 Å². The van der Waals surface area contributed by atoms with Crippen molar-refractivity contribution < 1.29 is 9.53 Å². The molecule has 1 fully saturated rings. The Hall–Kier alpha value is -2.05. The van der Waals surface area contributed by atoms with Crippen molar-refractivity contribution >= 4 is 5.78 Å². The topological polar surface area (TPSA) is 69.0 Å². The lowest BCUT2D eigenvalue weighted by Crippen LogP contribution is -2.47. The number of hydrogen-bond donors (Lipinski definition) is 1. The first-order valence-electron chi connectivity index (χ1n) is 6.18. The number of carbonyl (C=O) groups is 1. The maximum atomic E-state index is 12.4. The first-order chi connectivity index (χ1) is 9.36. The highest BCUT2D eigenvalue weighted by atomic mass is 16.5. The number of hydrogen-bond acceptors (Lipinski definition) is 5. The molecule has 1 unspecified atom stereocenters. The average Bonchev–Trinajstić information content (AvgIpc) is 2.98. The lowest BCUT2D eigenvalue weighted by molar-refractivity contribution is 0.0602. The van der Waals surface area contributed by atoms with Crippen molar-refractivity contribution in [1.29, 1.82) is 0 Å². The monoisotopic (exact) mass is 258 g/mol. The Morgan fingerprint density at radius 1 is 1.37 bits per heavy atom. The molecule has 6 heteroatoms. The molecule has 2 heterocycles. The second kappa shape index (κ2) is 5.29. The van der Waals surface area contributed by atoms with E-state index < -0.39 is 0 Å². The maximum absolute atomic E-state index is 12.4. The van der Waals surface area contributed by atoms with Gasteiger partial charge in [-0.2, -0.15) is 0 Å². The number of aromatic nitrogens is 3. The Labute approximate surface area is 110 Å². The summed E-state index contributed by atoms with van der Waals surface area (Å²) in [5, 5.41) is 11.0. The molecule has 0 saturated carbocycles. The van der Waals surface area contributed by atoms with Crippen molar-refractivity contribution in [1.82, 2.24) is 20.3 Å². The van der Waals surface area contributed by atoms with E-state index in [1.54, 1.807) is 4.68 Å². The minimum atomic E-state index is -0.324. The Balaban J connectivity index is 1.89. The number of nitrogens with zero attached hydrogens (tertiary/aromatic N) is 3. The smallest absolute Gasteiger partial charge is 0.202 e. The van der Waals surface area contributed by atoms with Crippen LogP contribution in [0.3, 0.4) is 0 Å². The Morgan fingerprint density at radius 2 is 2.21 bits per heavy atom. The van der Waals surface area contributed by atoms with Crippen LogP contribution in [0, 0.1) is 0 Å². The van der Waals surface area contributed by atoms with Crippen molar-refractivity contribution in [3.8, 4) is 5.69 Å². The average molecular weight is 258 g/mol. The molecular weight excluding hydrogens is 244 g/mol. The first-order valence-corrected chi connectivity index (χ1v) is 6.18. The zero-order chi connectivity index (χ0) is 13.1. The van der Waals surface area contributed by atoms with E-state index in [-0.39, 0.29) is 11.8 Å². The van der Waals surface area contributed by atoms with Crippen LogP contribution in [0.1, 0.15) is 10.5 Å². The number of benzene rings is 1. The lowest BCUT2D eigenvalue weighted by Gasteiger charge is -2.22. The zero-order valence-corrected chi connectivity index (χ0v) is 10.3. The molecule has 6 nitrogen and oxygen atoms in total. The molecule has 0 radical (unpaired) electrons. The number of para-hydroxylation sites is 1. The summed E-state index contributed by atoms with van der Waals surface area (Å²) in [4.78, 5) is 12.4. The van der Waals surface area contributed by atoms with Crippen LogP contribution in [0.5, 0.6) is 0 Å². The predicted molar refractivity (Wildman–Crippen MR) is 68.3 cm³/mol. The van der Waals surface area contributed by atoms with Crippen LogP contribution in [-0.4, -0.2) is 46.6 Å². The predicted octanol–water partition coefficient (Wildman–Crippen LogP) is 0.438. The second-order valence-corrected chi connectivity index (χ2v) is 4.31. The van der Waals surface area contributed by atoms with Crippen molar-refractivity contribution in [3.05, 3.63) is 42.2 Å². The molecule has 0 aliphatic carbocycles. The van der Waals surface area contributed by atoms with Crippen molar-refractivity contribution in [3.63, 3.8) is 0 Å². The summed E-state index contributed by atoms with van der Waals surface area (Å²) < 4.78 is 6.87. The molecule has 2 aromatic rings. The third-order valence-electron chi connectivity index (χ3n) is 3.04. The lowest BCUT2D eigenvalue weighted by atomic mass is 10.1. The van der Waals surface area contributed by atoms with Crippen LogP contribution in [0.15, 0.2) is 36.5 Å². The van der Waals surface area contributed by atoms with E-state index in [1.807, 2.05) is 30.3 Å². The van der Waals surface area contributed by atoms with Gasteiger partial charge in [-0.1, -0.05) is 23.4 Å². The molecule has 98 valence electrons. The molecule has 0 amide bonds. The number of carbonyl (C=O) groups excluding carboxylic acids is 1. The highest BCUT2D eigenvalue weighted by Crippen LogP contribution is 2.11. The molecule has 3 rings (SSSR count). The van der Waals surface area contributed by atoms with Gasteiger partial charge in [0.1, 0.15) is 5.69 Å². The van der Waals surface area contributed by atoms with Gasteiger partial charge in [0.2, 0.25) is 5.78 Å². The summed E-state index contributed by atoms with van der Waals surface area (Å²) in [6.07, 6.45) is 1.49. The van der Waals surface area contributed by atoms with Crippen LogP contribution in [0.2, 0.25) is 0 Å². The number of morpholine rings is 1. The summed E-state index contributed by atoms with van der Waals surface area (Å²) >= 11 is 0. The van der Waals surface area contributed by atoms with E-state index in [4.69, 9.17) is 4.74 Å². The minimum Gasteiger partial charge on any atom is -0.378 e. The first kappa shape index (κ1) is 12.0. The fourth-order valence-electron chi connectivity index (χ4n) is 2.08. The van der Waals surface area contributed by atoms with Gasteiger partial charge >= 0.3 is 0 Å². The molecule has 1 aromatic heterocycles. The number of ether oxygens (including phenoxy) is 1. The summed E-state index contributed by atoms with van der Waals surface area (Å²) in [7, 11) is 0. The highest BCUT2D eigenvalue weighted by Gasteiger charge is 2.26. The second-order valence-electron chi connectivity index (χ2n) is 4.31. The third-order valence-corrected chi connectivity index (χ3v) is 3.04. The van der Waals surface area contributed by atoms with E-state index in [9.17, 15) is 4.79 Å². The normalized spacial score (nSPS) is 19.3. The van der Waals surface area contributed by atoms with Crippen LogP contribution >= 0.6 is 0 Å². The van der Waals surface area contributed by atoms with Crippen LogP contribution in [-0.2, 0) is 4.74 Å². The molecule has 1 aromatic carbocycles. The Morgan fingerprint density at radius 3 is 2.95 bits per heavy atom. The van der Waals surface area contributed by atoms with Gasteiger partial charge in [0.05, 0.1) is 31.1 Å². The summed E-state index contributed by atoms with van der Waals surface area (Å²) in [6, 6.07) is 9.15. The number of Topliss-reactive ketones (excluding diaryl/α,β-unsaturated/α-hetero) is 1. The molecule has 0 bridgehead atoms. The molecule has 1 saturated heterocycles. The summed E-state index contributed by atoms with van der Waals surface area (Å²) in [6.45, 7) is 1.71. The van der Waals surface area contributed by atoms with E-state index in [1.165, 1.54) is 6.20 Å². The molecule has 1 atom stereocenters. The van der Waals surface area contributed by atoms with Gasteiger partial charge in [-0.25, -0.2) is 4.68 Å². The number of nitrogens with one attached hydrogen (secondary N) is 1. The molecular formula is C13H14N4O2. The van der Waals surface area contributed by atoms with Gasteiger partial charge in [0, 0.05) is 6.54 Å². The van der Waals surface area contributed by atoms with Crippen LogP contribution in [0.4, 0.5) is 0 Å². The molecule has 1 aliphatic heterocycles. The third kappa shape index (κ3) is 2.40. The molecule has 1 N–H and O–H groups in total. The van der Waals surface area contributed by atoms with Crippen molar-refractivity contribution in [2.45, 2.75) is 6.04 Å². The maximum Gasteiger partial charge on any atom is 0.202 e. The SMILES string of the molecule is O=C(c1cnnn1-c1ccccc1)C1COCCN1. The number of rotatable bonds is 3. The van der Waals surface area contributed by atoms with Gasteiger partial charge in [-0.3, -0.25) is 4.79 Å². The highest BCUT2D eigenvalue weighted by molar-refractivity contribution is 5.99. The van der Waals surface area contributed by atoms with Gasteiger partial charge in [0.15, 0.2) is 0 Å². The quantitative estimate of drug-likeness (QED) is 0.809. The minimum absolute atomic E-state index is 0.0476. The molecule has 1 aliphatic rings. The summed E-state index contributed by atoms with van der Waals surface area (Å²) in [5.74, 6) is -0.0476. The number of ketones is 1. The van der Waals surface area contributed by atoms with E-state index >= 15 is 0 Å². The standard InChI is InChI=1S/C13H14N4O2/c18-13(11-9-19-7-6-14-11)12-8-15-16-17(12)10-4-2-1-3-5-10/h1-5,8,11,14H,6-7,9H2. The van der Waals surface area contributed by atoms with Gasteiger partial charge < -0.3 is 10.1 Å². The van der Waals surface area contributed by atoms with Crippen LogP contribution < -0.4 is 5.32 Å². The molecule has 19 heavy (non-hydrogen) atoms. The summed E-state index contributed by atoms with van der Waals surface area (Å²) in [5.41, 5.74) is 1.29.